The predicted octanol–water partition coefficient (Wildman–Crippen LogP) is 2.86. The maximum Gasteiger partial charge on any atom is 0.251 e. The van der Waals surface area contributed by atoms with E-state index in [1.54, 1.807) is 12.1 Å². The molecule has 2 aromatic rings. The lowest BCUT2D eigenvalue weighted by Gasteiger charge is -2.14. The van der Waals surface area contributed by atoms with Gasteiger partial charge in [-0.2, -0.15) is 0 Å². The molecule has 0 radical (unpaired) electrons. The average molecular weight is 332 g/mol. The highest BCUT2D eigenvalue weighted by atomic mass is 19.1. The quantitative estimate of drug-likeness (QED) is 0.818. The van der Waals surface area contributed by atoms with E-state index in [0.717, 1.165) is 6.42 Å². The summed E-state index contributed by atoms with van der Waals surface area (Å²) in [6.45, 7) is 3.94. The number of aliphatic hydroxyl groups is 1. The second-order valence-electron chi connectivity index (χ2n) is 5.50. The topological polar surface area (TPSA) is 71.5 Å². The molecule has 0 fully saturated rings. The second kappa shape index (κ2) is 8.40. The van der Waals surface area contributed by atoms with Crippen LogP contribution in [0.5, 0.6) is 5.88 Å². The third-order valence-electron chi connectivity index (χ3n) is 3.60. The van der Waals surface area contributed by atoms with Gasteiger partial charge in [0, 0.05) is 24.4 Å². The number of nitrogens with zero attached hydrogens (tertiary/aromatic N) is 1. The molecule has 1 aromatic carbocycles. The van der Waals surface area contributed by atoms with Crippen LogP contribution in [0.25, 0.3) is 0 Å². The molecule has 1 amide bonds. The van der Waals surface area contributed by atoms with Gasteiger partial charge in [-0.3, -0.25) is 4.79 Å². The minimum Gasteiger partial charge on any atom is -0.475 e. The van der Waals surface area contributed by atoms with E-state index in [1.165, 1.54) is 30.5 Å². The Hall–Kier alpha value is -2.47. The number of ether oxygens (including phenoxy) is 1. The van der Waals surface area contributed by atoms with Crippen molar-refractivity contribution in [2.24, 2.45) is 0 Å². The average Bonchev–Trinajstić information content (AvgIpc) is 2.60. The summed E-state index contributed by atoms with van der Waals surface area (Å²) in [6, 6.07) is 8.63. The van der Waals surface area contributed by atoms with E-state index in [-0.39, 0.29) is 24.4 Å². The zero-order chi connectivity index (χ0) is 17.5. The number of carbonyl (C=O) groups is 1. The first-order chi connectivity index (χ1) is 11.5. The molecule has 0 aliphatic carbocycles. The number of aromatic nitrogens is 1. The summed E-state index contributed by atoms with van der Waals surface area (Å²) in [6.07, 6.45) is 1.44. The number of aliphatic hydroxyl groups excluding tert-OH is 1. The van der Waals surface area contributed by atoms with Crippen molar-refractivity contribution >= 4 is 5.91 Å². The van der Waals surface area contributed by atoms with Crippen molar-refractivity contribution in [3.63, 3.8) is 0 Å². The van der Waals surface area contributed by atoms with Crippen molar-refractivity contribution < 1.29 is 19.0 Å². The van der Waals surface area contributed by atoms with Crippen LogP contribution in [0.1, 0.15) is 42.3 Å². The molecule has 0 bridgehead atoms. The van der Waals surface area contributed by atoms with Crippen molar-refractivity contribution in [1.29, 1.82) is 0 Å². The van der Waals surface area contributed by atoms with E-state index >= 15 is 0 Å². The van der Waals surface area contributed by atoms with Gasteiger partial charge in [0.15, 0.2) is 0 Å². The van der Waals surface area contributed by atoms with Gasteiger partial charge in [0.2, 0.25) is 5.88 Å². The van der Waals surface area contributed by atoms with Crippen molar-refractivity contribution in [2.75, 3.05) is 6.54 Å². The largest absolute Gasteiger partial charge is 0.475 e. The number of nitrogens with one attached hydrogen (secondary N) is 1. The third kappa shape index (κ3) is 5.03. The molecule has 2 unspecified atom stereocenters. The molecule has 6 heteroatoms. The number of benzene rings is 1. The molecule has 0 spiro atoms. The molecule has 1 aromatic heterocycles. The van der Waals surface area contributed by atoms with Crippen molar-refractivity contribution in [2.45, 2.75) is 32.5 Å². The van der Waals surface area contributed by atoms with Crippen molar-refractivity contribution in [3.05, 3.63) is 59.5 Å². The zero-order valence-corrected chi connectivity index (χ0v) is 13.7. The van der Waals surface area contributed by atoms with Crippen LogP contribution in [-0.2, 0) is 0 Å². The van der Waals surface area contributed by atoms with Crippen LogP contribution in [0.3, 0.4) is 0 Å². The number of amides is 1. The lowest BCUT2D eigenvalue weighted by atomic mass is 10.1. The van der Waals surface area contributed by atoms with Gasteiger partial charge in [-0.15, -0.1) is 0 Å². The highest BCUT2D eigenvalue weighted by molar-refractivity contribution is 5.94. The summed E-state index contributed by atoms with van der Waals surface area (Å²) in [7, 11) is 0. The van der Waals surface area contributed by atoms with Crippen LogP contribution in [0.4, 0.5) is 4.39 Å². The Bertz CT molecular complexity index is 676. The fourth-order valence-electron chi connectivity index (χ4n) is 2.00. The van der Waals surface area contributed by atoms with Gasteiger partial charge >= 0.3 is 0 Å². The van der Waals surface area contributed by atoms with E-state index in [4.69, 9.17) is 4.74 Å². The molecule has 128 valence electrons. The Morgan fingerprint density at radius 1 is 1.33 bits per heavy atom. The SMILES string of the molecule is CCC(C)Oc1cc(C(=O)NCC(O)c2ccc(F)cc2)ccn1. The number of pyridine rings is 1. The zero-order valence-electron chi connectivity index (χ0n) is 13.7. The molecule has 24 heavy (non-hydrogen) atoms. The molecule has 2 N–H and O–H groups in total. The van der Waals surface area contributed by atoms with Gasteiger partial charge in [0.1, 0.15) is 5.82 Å². The second-order valence-corrected chi connectivity index (χ2v) is 5.50. The summed E-state index contributed by atoms with van der Waals surface area (Å²) >= 11 is 0. The number of hydrogen-bond acceptors (Lipinski definition) is 4. The summed E-state index contributed by atoms with van der Waals surface area (Å²) in [4.78, 5) is 16.3. The Kier molecular flexibility index (Phi) is 6.26. The maximum absolute atomic E-state index is 12.9. The standard InChI is InChI=1S/C18H21FN2O3/c1-3-12(2)24-17-10-14(8-9-20-17)18(23)21-11-16(22)13-4-6-15(19)7-5-13/h4-10,12,16,22H,3,11H2,1-2H3,(H,21,23). The molecule has 0 aliphatic rings. The molecule has 0 saturated heterocycles. The van der Waals surface area contributed by atoms with E-state index in [1.807, 2.05) is 13.8 Å². The summed E-state index contributed by atoms with van der Waals surface area (Å²) in [5.74, 6) is -0.329. The van der Waals surface area contributed by atoms with Crippen LogP contribution in [0.15, 0.2) is 42.6 Å². The Morgan fingerprint density at radius 2 is 2.04 bits per heavy atom. The Balaban J connectivity index is 1.94. The number of hydrogen-bond donors (Lipinski definition) is 2. The van der Waals surface area contributed by atoms with Crippen LogP contribution < -0.4 is 10.1 Å². The minimum absolute atomic E-state index is 0.0103. The van der Waals surface area contributed by atoms with E-state index in [9.17, 15) is 14.3 Å². The van der Waals surface area contributed by atoms with Gasteiger partial charge in [-0.05, 0) is 37.1 Å². The smallest absolute Gasteiger partial charge is 0.251 e. The number of halogens is 1. The molecular formula is C18H21FN2O3. The van der Waals surface area contributed by atoms with E-state index < -0.39 is 6.10 Å². The summed E-state index contributed by atoms with van der Waals surface area (Å²) < 4.78 is 18.5. The van der Waals surface area contributed by atoms with Crippen LogP contribution in [0.2, 0.25) is 0 Å². The molecule has 5 nitrogen and oxygen atoms in total. The van der Waals surface area contributed by atoms with Crippen LogP contribution in [-0.4, -0.2) is 28.6 Å². The van der Waals surface area contributed by atoms with Crippen molar-refractivity contribution in [3.8, 4) is 5.88 Å². The first-order valence-electron chi connectivity index (χ1n) is 7.84. The summed E-state index contributed by atoms with van der Waals surface area (Å²) in [5, 5.41) is 12.7. The third-order valence-corrected chi connectivity index (χ3v) is 3.60. The molecule has 0 saturated carbocycles. The van der Waals surface area contributed by atoms with Gasteiger partial charge in [-0.1, -0.05) is 19.1 Å². The Morgan fingerprint density at radius 3 is 2.71 bits per heavy atom. The first-order valence-corrected chi connectivity index (χ1v) is 7.84. The molecular weight excluding hydrogens is 311 g/mol. The van der Waals surface area contributed by atoms with Gasteiger partial charge in [0.05, 0.1) is 12.2 Å². The van der Waals surface area contributed by atoms with E-state index in [2.05, 4.69) is 10.3 Å². The van der Waals surface area contributed by atoms with Crippen LogP contribution >= 0.6 is 0 Å². The lowest BCUT2D eigenvalue weighted by molar-refractivity contribution is 0.0915. The molecule has 2 atom stereocenters. The number of rotatable bonds is 7. The van der Waals surface area contributed by atoms with Gasteiger partial charge < -0.3 is 15.2 Å². The number of carbonyl (C=O) groups excluding carboxylic acids is 1. The molecule has 0 aliphatic heterocycles. The van der Waals surface area contributed by atoms with Crippen molar-refractivity contribution in [1.82, 2.24) is 10.3 Å². The molecule has 1 heterocycles. The molecule has 2 rings (SSSR count). The summed E-state index contributed by atoms with van der Waals surface area (Å²) in [5.41, 5.74) is 0.932. The maximum atomic E-state index is 12.9. The van der Waals surface area contributed by atoms with Gasteiger partial charge in [0.25, 0.3) is 5.91 Å². The fraction of sp³-hybridized carbons (Fsp3) is 0.333. The van der Waals surface area contributed by atoms with Gasteiger partial charge in [-0.25, -0.2) is 9.37 Å². The monoisotopic (exact) mass is 332 g/mol. The lowest BCUT2D eigenvalue weighted by Crippen LogP contribution is -2.28. The van der Waals surface area contributed by atoms with Crippen LogP contribution in [0, 0.1) is 5.82 Å². The van der Waals surface area contributed by atoms with E-state index in [0.29, 0.717) is 17.0 Å². The predicted molar refractivity (Wildman–Crippen MR) is 88.3 cm³/mol. The fourth-order valence-corrected chi connectivity index (χ4v) is 2.00. The Labute approximate surface area is 140 Å². The minimum atomic E-state index is -0.910. The highest BCUT2D eigenvalue weighted by Gasteiger charge is 2.12. The highest BCUT2D eigenvalue weighted by Crippen LogP contribution is 2.14. The first kappa shape index (κ1) is 17.9. The normalized spacial score (nSPS) is 13.2.